The minimum Gasteiger partial charge on any atom is -0.445 e. The second-order valence-electron chi connectivity index (χ2n) is 4.49. The maximum absolute atomic E-state index is 11.9. The summed E-state index contributed by atoms with van der Waals surface area (Å²) in [5.41, 5.74) is 9.38. The van der Waals surface area contributed by atoms with Crippen molar-refractivity contribution in [2.24, 2.45) is 5.11 Å². The fourth-order valence-corrected chi connectivity index (χ4v) is 2.10. The number of carbonyl (C=O) groups excluding carboxylic acids is 1. The van der Waals surface area contributed by atoms with Crippen LogP contribution in [0, 0.1) is 0 Å². The second kappa shape index (κ2) is 8.07. The predicted octanol–water partition coefficient (Wildman–Crippen LogP) is 3.73. The number of rotatable bonds is 3. The fourth-order valence-electron chi connectivity index (χ4n) is 2.10. The normalized spacial score (nSPS) is 17.6. The molecule has 1 aliphatic heterocycles. The lowest BCUT2D eigenvalue weighted by atomic mass is 10.1. The Morgan fingerprint density at radius 2 is 2.20 bits per heavy atom. The zero-order valence-electron chi connectivity index (χ0n) is 10.6. The Labute approximate surface area is 119 Å². The van der Waals surface area contributed by atoms with Crippen molar-refractivity contribution in [2.75, 3.05) is 13.1 Å². The molecule has 0 N–H and O–H groups in total. The number of piperidine rings is 1. The van der Waals surface area contributed by atoms with Gasteiger partial charge in [0.15, 0.2) is 0 Å². The van der Waals surface area contributed by atoms with E-state index in [0.717, 1.165) is 18.4 Å². The van der Waals surface area contributed by atoms with Crippen molar-refractivity contribution in [3.05, 3.63) is 46.3 Å². The molecule has 1 heterocycles. The Morgan fingerprint density at radius 1 is 1.45 bits per heavy atom. The SMILES string of the molecule is C.[N-]=[N+]=N[C@@H]1CCCN(C(=O)OCc2ccccc2)C1. The number of nitrogens with zero attached hydrogens (tertiary/aromatic N) is 4. The summed E-state index contributed by atoms with van der Waals surface area (Å²) in [6, 6.07) is 9.41. The molecule has 1 saturated heterocycles. The molecule has 0 unspecified atom stereocenters. The quantitative estimate of drug-likeness (QED) is 0.479. The Balaban J connectivity index is 0.00000200. The molecule has 1 aliphatic rings. The molecule has 1 atom stereocenters. The van der Waals surface area contributed by atoms with Gasteiger partial charge in [-0.05, 0) is 23.9 Å². The van der Waals surface area contributed by atoms with Gasteiger partial charge in [-0.3, -0.25) is 0 Å². The van der Waals surface area contributed by atoms with Crippen molar-refractivity contribution in [1.82, 2.24) is 4.90 Å². The molecule has 0 saturated carbocycles. The van der Waals surface area contributed by atoms with Crippen LogP contribution in [0.1, 0.15) is 25.8 Å². The minimum atomic E-state index is -0.346. The van der Waals surface area contributed by atoms with E-state index in [2.05, 4.69) is 10.0 Å². The van der Waals surface area contributed by atoms with Crippen molar-refractivity contribution in [3.8, 4) is 0 Å². The molecule has 0 aliphatic carbocycles. The minimum absolute atomic E-state index is 0. The molecule has 1 fully saturated rings. The summed E-state index contributed by atoms with van der Waals surface area (Å²) in [7, 11) is 0. The lowest BCUT2D eigenvalue weighted by molar-refractivity contribution is 0.0863. The maximum Gasteiger partial charge on any atom is 0.410 e. The number of hydrogen-bond donors (Lipinski definition) is 0. The third kappa shape index (κ3) is 4.48. The number of azide groups is 1. The zero-order valence-corrected chi connectivity index (χ0v) is 10.6. The molecule has 108 valence electrons. The first-order chi connectivity index (χ1) is 9.29. The summed E-state index contributed by atoms with van der Waals surface area (Å²) in [4.78, 5) is 16.3. The third-order valence-corrected chi connectivity index (χ3v) is 3.07. The summed E-state index contributed by atoms with van der Waals surface area (Å²) >= 11 is 0. The molecular weight excluding hydrogens is 256 g/mol. The van der Waals surface area contributed by atoms with E-state index < -0.39 is 0 Å². The Kier molecular flexibility index (Phi) is 6.40. The van der Waals surface area contributed by atoms with Crippen molar-refractivity contribution < 1.29 is 9.53 Å². The van der Waals surface area contributed by atoms with E-state index in [9.17, 15) is 4.79 Å². The maximum atomic E-state index is 11.9. The van der Waals surface area contributed by atoms with Crippen LogP contribution in [0.25, 0.3) is 10.4 Å². The van der Waals surface area contributed by atoms with Gasteiger partial charge in [0.05, 0.1) is 6.04 Å². The highest BCUT2D eigenvalue weighted by Crippen LogP contribution is 2.14. The van der Waals surface area contributed by atoms with E-state index >= 15 is 0 Å². The van der Waals surface area contributed by atoms with Crippen molar-refractivity contribution in [1.29, 1.82) is 0 Å². The Hall–Kier alpha value is -2.20. The second-order valence-corrected chi connectivity index (χ2v) is 4.49. The van der Waals surface area contributed by atoms with Crippen LogP contribution in [0.15, 0.2) is 35.4 Å². The van der Waals surface area contributed by atoms with Crippen LogP contribution < -0.4 is 0 Å². The van der Waals surface area contributed by atoms with Gasteiger partial charge in [-0.2, -0.15) is 0 Å². The molecule has 1 aromatic carbocycles. The number of ether oxygens (including phenoxy) is 1. The van der Waals surface area contributed by atoms with E-state index in [1.54, 1.807) is 4.90 Å². The van der Waals surface area contributed by atoms with Gasteiger partial charge < -0.3 is 9.64 Å². The first-order valence-corrected chi connectivity index (χ1v) is 6.29. The van der Waals surface area contributed by atoms with Gasteiger partial charge in [-0.1, -0.05) is 42.9 Å². The van der Waals surface area contributed by atoms with Gasteiger partial charge in [0.2, 0.25) is 0 Å². The summed E-state index contributed by atoms with van der Waals surface area (Å²) in [5.74, 6) is 0. The third-order valence-electron chi connectivity index (χ3n) is 3.07. The van der Waals surface area contributed by atoms with Gasteiger partial charge in [0, 0.05) is 18.0 Å². The summed E-state index contributed by atoms with van der Waals surface area (Å²) in [5, 5.41) is 3.67. The van der Waals surface area contributed by atoms with Crippen molar-refractivity contribution >= 4 is 6.09 Å². The summed E-state index contributed by atoms with van der Waals surface area (Å²) in [6.07, 6.45) is 1.32. The molecule has 0 spiro atoms. The number of amides is 1. The lowest BCUT2D eigenvalue weighted by Crippen LogP contribution is -2.41. The van der Waals surface area contributed by atoms with Gasteiger partial charge in [-0.15, -0.1) is 0 Å². The Bertz CT molecular complexity index is 471. The average Bonchev–Trinajstić information content (AvgIpc) is 2.46. The highest BCUT2D eigenvalue weighted by Gasteiger charge is 2.23. The zero-order chi connectivity index (χ0) is 13.5. The van der Waals surface area contributed by atoms with E-state index in [4.69, 9.17) is 10.3 Å². The van der Waals surface area contributed by atoms with E-state index in [1.807, 2.05) is 30.3 Å². The molecule has 20 heavy (non-hydrogen) atoms. The van der Waals surface area contributed by atoms with Crippen molar-refractivity contribution in [2.45, 2.75) is 32.9 Å². The molecule has 0 radical (unpaired) electrons. The van der Waals surface area contributed by atoms with Crippen LogP contribution in [0.2, 0.25) is 0 Å². The summed E-state index contributed by atoms with van der Waals surface area (Å²) < 4.78 is 5.25. The standard InChI is InChI=1S/C13H16N4O2.CH4/c14-16-15-12-7-4-8-17(9-12)13(18)19-10-11-5-2-1-3-6-11;/h1-3,5-6,12H,4,7-10H2;1H4/t12-;/m1./s1. The fraction of sp³-hybridized carbons (Fsp3) is 0.500. The van der Waals surface area contributed by atoms with Crippen LogP contribution in [0.3, 0.4) is 0 Å². The predicted molar refractivity (Wildman–Crippen MR) is 77.1 cm³/mol. The van der Waals surface area contributed by atoms with E-state index in [1.165, 1.54) is 0 Å². The van der Waals surface area contributed by atoms with Gasteiger partial charge >= 0.3 is 6.09 Å². The van der Waals surface area contributed by atoms with Crippen molar-refractivity contribution in [3.63, 3.8) is 0 Å². The summed E-state index contributed by atoms with van der Waals surface area (Å²) in [6.45, 7) is 1.37. The highest BCUT2D eigenvalue weighted by molar-refractivity contribution is 5.67. The monoisotopic (exact) mass is 276 g/mol. The van der Waals surface area contributed by atoms with Crippen LogP contribution in [0.5, 0.6) is 0 Å². The molecular formula is C14H20N4O2. The molecule has 6 heteroatoms. The molecule has 1 amide bonds. The van der Waals surface area contributed by atoms with E-state index in [-0.39, 0.29) is 26.2 Å². The topological polar surface area (TPSA) is 78.3 Å². The van der Waals surface area contributed by atoms with Gasteiger partial charge in [0.25, 0.3) is 0 Å². The molecule has 1 aromatic rings. The first-order valence-electron chi connectivity index (χ1n) is 6.29. The van der Waals surface area contributed by atoms with Gasteiger partial charge in [-0.25, -0.2) is 4.79 Å². The number of likely N-dealkylation sites (tertiary alicyclic amines) is 1. The molecule has 0 aromatic heterocycles. The number of hydrogen-bond acceptors (Lipinski definition) is 3. The van der Waals surface area contributed by atoms with Crippen LogP contribution in [-0.2, 0) is 11.3 Å². The van der Waals surface area contributed by atoms with Gasteiger partial charge in [0.1, 0.15) is 6.61 Å². The Morgan fingerprint density at radius 3 is 2.90 bits per heavy atom. The lowest BCUT2D eigenvalue weighted by Gasteiger charge is -2.29. The smallest absolute Gasteiger partial charge is 0.410 e. The van der Waals surface area contributed by atoms with Crippen LogP contribution >= 0.6 is 0 Å². The number of carbonyl (C=O) groups is 1. The van der Waals surface area contributed by atoms with E-state index in [0.29, 0.717) is 13.1 Å². The molecule has 2 rings (SSSR count). The van der Waals surface area contributed by atoms with Crippen LogP contribution in [0.4, 0.5) is 4.79 Å². The largest absolute Gasteiger partial charge is 0.445 e. The van der Waals surface area contributed by atoms with Crippen LogP contribution in [-0.4, -0.2) is 30.1 Å². The average molecular weight is 276 g/mol. The highest BCUT2D eigenvalue weighted by atomic mass is 16.6. The molecule has 0 bridgehead atoms. The first kappa shape index (κ1) is 15.9. The number of benzene rings is 1. The molecule has 6 nitrogen and oxygen atoms in total.